The van der Waals surface area contributed by atoms with Gasteiger partial charge in [0.1, 0.15) is 5.69 Å². The molecular formula is C17H25N5O. The highest BCUT2D eigenvalue weighted by atomic mass is 16.2. The van der Waals surface area contributed by atoms with Crippen LogP contribution >= 0.6 is 0 Å². The third-order valence-electron chi connectivity index (χ3n) is 4.64. The molecule has 0 aromatic carbocycles. The summed E-state index contributed by atoms with van der Waals surface area (Å²) >= 11 is 0. The third-order valence-corrected chi connectivity index (χ3v) is 4.64. The zero-order valence-corrected chi connectivity index (χ0v) is 14.1. The van der Waals surface area contributed by atoms with Crippen LogP contribution in [0.15, 0.2) is 24.8 Å². The summed E-state index contributed by atoms with van der Waals surface area (Å²) in [4.78, 5) is 19.0. The third kappa shape index (κ3) is 3.30. The summed E-state index contributed by atoms with van der Waals surface area (Å²) in [6, 6.07) is 2.55. The fraction of sp³-hybridized carbons (Fsp3) is 0.588. The highest BCUT2D eigenvalue weighted by Gasteiger charge is 2.34. The second-order valence-corrected chi connectivity index (χ2v) is 6.31. The molecule has 2 heterocycles. The number of hydrogen-bond acceptors (Lipinski definition) is 3. The lowest BCUT2D eigenvalue weighted by Gasteiger charge is -2.21. The summed E-state index contributed by atoms with van der Waals surface area (Å²) in [5.41, 5.74) is 1.59. The molecule has 0 atom stereocenters. The standard InChI is InChI=1S/C17H25N5O/c1-4-13(5-2)22-9-8-16(19-22)17(23)21(14-6-7-14)11-15-10-18-12-20(15)3/h8-10,12-14H,4-7,11H2,1-3H3. The van der Waals surface area contributed by atoms with Crippen LogP contribution in [0.5, 0.6) is 0 Å². The van der Waals surface area contributed by atoms with E-state index in [2.05, 4.69) is 23.9 Å². The Hall–Kier alpha value is -2.11. The Bertz CT molecular complexity index is 666. The summed E-state index contributed by atoms with van der Waals surface area (Å²) in [6.45, 7) is 4.89. The molecule has 1 aliphatic rings. The van der Waals surface area contributed by atoms with Gasteiger partial charge in [-0.3, -0.25) is 9.48 Å². The van der Waals surface area contributed by atoms with E-state index in [0.717, 1.165) is 31.4 Å². The molecule has 23 heavy (non-hydrogen) atoms. The van der Waals surface area contributed by atoms with E-state index < -0.39 is 0 Å². The minimum Gasteiger partial charge on any atom is -0.336 e. The zero-order valence-electron chi connectivity index (χ0n) is 14.1. The molecule has 3 rings (SSSR count). The number of aromatic nitrogens is 4. The van der Waals surface area contributed by atoms with E-state index >= 15 is 0 Å². The van der Waals surface area contributed by atoms with Crippen LogP contribution in [-0.2, 0) is 13.6 Å². The quantitative estimate of drug-likeness (QED) is 0.789. The van der Waals surface area contributed by atoms with E-state index in [4.69, 9.17) is 0 Å². The van der Waals surface area contributed by atoms with Gasteiger partial charge in [0.2, 0.25) is 0 Å². The zero-order chi connectivity index (χ0) is 16.4. The first-order chi connectivity index (χ1) is 11.1. The molecule has 6 heteroatoms. The van der Waals surface area contributed by atoms with Gasteiger partial charge in [0.25, 0.3) is 5.91 Å². The predicted molar refractivity (Wildman–Crippen MR) is 87.9 cm³/mol. The number of aryl methyl sites for hydroxylation is 1. The van der Waals surface area contributed by atoms with Crippen LogP contribution < -0.4 is 0 Å². The molecule has 0 unspecified atom stereocenters. The van der Waals surface area contributed by atoms with Crippen LogP contribution in [0, 0.1) is 0 Å². The normalized spacial score (nSPS) is 14.4. The van der Waals surface area contributed by atoms with Crippen molar-refractivity contribution in [3.8, 4) is 0 Å². The first-order valence-corrected chi connectivity index (χ1v) is 8.45. The molecule has 0 saturated heterocycles. The number of amides is 1. The Balaban J connectivity index is 1.78. The Morgan fingerprint density at radius 3 is 2.70 bits per heavy atom. The average Bonchev–Trinajstić information content (AvgIpc) is 3.13. The van der Waals surface area contributed by atoms with E-state index in [-0.39, 0.29) is 5.91 Å². The Morgan fingerprint density at radius 1 is 1.39 bits per heavy atom. The highest BCUT2D eigenvalue weighted by molar-refractivity contribution is 5.92. The van der Waals surface area contributed by atoms with E-state index in [1.165, 1.54) is 0 Å². The largest absolute Gasteiger partial charge is 0.336 e. The molecule has 124 valence electrons. The number of rotatable bonds is 7. The van der Waals surface area contributed by atoms with Gasteiger partial charge in [0, 0.05) is 25.5 Å². The summed E-state index contributed by atoms with van der Waals surface area (Å²) in [7, 11) is 1.96. The number of nitrogens with zero attached hydrogens (tertiary/aromatic N) is 5. The van der Waals surface area contributed by atoms with Gasteiger partial charge in [0.15, 0.2) is 0 Å². The van der Waals surface area contributed by atoms with Crippen LogP contribution in [-0.4, -0.2) is 36.2 Å². The maximum Gasteiger partial charge on any atom is 0.274 e. The molecule has 0 spiro atoms. The highest BCUT2D eigenvalue weighted by Crippen LogP contribution is 2.29. The van der Waals surface area contributed by atoms with Crippen molar-refractivity contribution in [3.05, 3.63) is 36.2 Å². The second kappa shape index (κ2) is 6.56. The molecule has 2 aromatic rings. The van der Waals surface area contributed by atoms with E-state index in [1.807, 2.05) is 39.7 Å². The smallest absolute Gasteiger partial charge is 0.274 e. The van der Waals surface area contributed by atoms with Gasteiger partial charge in [0.05, 0.1) is 24.6 Å². The molecule has 2 aromatic heterocycles. The van der Waals surface area contributed by atoms with Gasteiger partial charge >= 0.3 is 0 Å². The summed E-state index contributed by atoms with van der Waals surface area (Å²) in [5, 5.41) is 4.54. The number of carbonyl (C=O) groups is 1. The number of carbonyl (C=O) groups excluding carboxylic acids is 1. The summed E-state index contributed by atoms with van der Waals surface area (Å²) < 4.78 is 3.90. The van der Waals surface area contributed by atoms with Crippen LogP contribution in [0.1, 0.15) is 61.8 Å². The molecule has 6 nitrogen and oxygen atoms in total. The van der Waals surface area contributed by atoms with Crippen molar-refractivity contribution in [2.24, 2.45) is 7.05 Å². The molecule has 1 fully saturated rings. The van der Waals surface area contributed by atoms with Crippen LogP contribution in [0.2, 0.25) is 0 Å². The molecule has 0 N–H and O–H groups in total. The molecule has 0 aliphatic heterocycles. The van der Waals surface area contributed by atoms with E-state index in [0.29, 0.717) is 24.3 Å². The number of hydrogen-bond donors (Lipinski definition) is 0. The molecule has 1 saturated carbocycles. The minimum atomic E-state index is 0.0263. The Morgan fingerprint density at radius 2 is 2.13 bits per heavy atom. The molecule has 1 amide bonds. The second-order valence-electron chi connectivity index (χ2n) is 6.31. The van der Waals surface area contributed by atoms with Crippen molar-refractivity contribution in [2.45, 2.75) is 58.2 Å². The van der Waals surface area contributed by atoms with Crippen LogP contribution in [0.4, 0.5) is 0 Å². The van der Waals surface area contributed by atoms with Gasteiger partial charge < -0.3 is 9.47 Å². The molecule has 0 radical (unpaired) electrons. The van der Waals surface area contributed by atoms with Crippen LogP contribution in [0.3, 0.4) is 0 Å². The van der Waals surface area contributed by atoms with Gasteiger partial charge in [-0.05, 0) is 31.7 Å². The summed E-state index contributed by atoms with van der Waals surface area (Å²) in [5.74, 6) is 0.0263. The average molecular weight is 315 g/mol. The summed E-state index contributed by atoms with van der Waals surface area (Å²) in [6.07, 6.45) is 9.73. The first-order valence-electron chi connectivity index (χ1n) is 8.45. The first kappa shape index (κ1) is 15.8. The van der Waals surface area contributed by atoms with E-state index in [9.17, 15) is 4.79 Å². The van der Waals surface area contributed by atoms with Gasteiger partial charge in [-0.2, -0.15) is 5.10 Å². The molecule has 0 bridgehead atoms. The Kier molecular flexibility index (Phi) is 4.50. The van der Waals surface area contributed by atoms with Gasteiger partial charge in [-0.25, -0.2) is 4.98 Å². The van der Waals surface area contributed by atoms with Crippen molar-refractivity contribution in [2.75, 3.05) is 0 Å². The maximum atomic E-state index is 12.9. The molecular weight excluding hydrogens is 290 g/mol. The van der Waals surface area contributed by atoms with Crippen LogP contribution in [0.25, 0.3) is 0 Å². The van der Waals surface area contributed by atoms with Gasteiger partial charge in [-0.15, -0.1) is 0 Å². The fourth-order valence-corrected chi connectivity index (χ4v) is 2.93. The maximum absolute atomic E-state index is 12.9. The fourth-order valence-electron chi connectivity index (χ4n) is 2.93. The number of imidazole rings is 1. The molecule has 1 aliphatic carbocycles. The minimum absolute atomic E-state index is 0.0263. The van der Waals surface area contributed by atoms with Crippen molar-refractivity contribution in [3.63, 3.8) is 0 Å². The predicted octanol–water partition coefficient (Wildman–Crippen LogP) is 2.78. The van der Waals surface area contributed by atoms with Crippen molar-refractivity contribution in [1.29, 1.82) is 0 Å². The lowest BCUT2D eigenvalue weighted by molar-refractivity contribution is 0.0719. The lowest BCUT2D eigenvalue weighted by atomic mass is 10.2. The Labute approximate surface area is 137 Å². The van der Waals surface area contributed by atoms with Crippen molar-refractivity contribution < 1.29 is 4.79 Å². The van der Waals surface area contributed by atoms with Gasteiger partial charge in [-0.1, -0.05) is 13.8 Å². The monoisotopic (exact) mass is 315 g/mol. The van der Waals surface area contributed by atoms with E-state index in [1.54, 1.807) is 6.33 Å². The lowest BCUT2D eigenvalue weighted by Crippen LogP contribution is -2.33. The van der Waals surface area contributed by atoms with Crippen molar-refractivity contribution >= 4 is 5.91 Å². The SMILES string of the molecule is CCC(CC)n1ccc(C(=O)N(Cc2cncn2C)C2CC2)n1. The topological polar surface area (TPSA) is 56.0 Å². The van der Waals surface area contributed by atoms with Crippen molar-refractivity contribution in [1.82, 2.24) is 24.2 Å².